The highest BCUT2D eigenvalue weighted by molar-refractivity contribution is 5.88. The molecule has 0 radical (unpaired) electrons. The predicted molar refractivity (Wildman–Crippen MR) is 103 cm³/mol. The highest BCUT2D eigenvalue weighted by Gasteiger charge is 2.05. The number of carboxylic acid groups (broad SMARTS) is 1. The normalized spacial score (nSPS) is 10.7. The molecule has 2 rings (SSSR count). The highest BCUT2D eigenvalue weighted by atomic mass is 16.4. The zero-order valence-corrected chi connectivity index (χ0v) is 15.5. The average Bonchev–Trinajstić information content (AvgIpc) is 2.63. The van der Waals surface area contributed by atoms with Gasteiger partial charge in [0.15, 0.2) is 0 Å². The quantitative estimate of drug-likeness (QED) is 0.564. The molecule has 27 heavy (non-hydrogen) atoms. The molecule has 0 amide bonds. The fourth-order valence-corrected chi connectivity index (χ4v) is 2.10. The van der Waals surface area contributed by atoms with E-state index < -0.39 is 23.1 Å². The van der Waals surface area contributed by atoms with Crippen molar-refractivity contribution in [3.05, 3.63) is 56.2 Å². The van der Waals surface area contributed by atoms with Gasteiger partial charge in [0.2, 0.25) is 5.88 Å². The molecule has 9 heteroatoms. The fourth-order valence-electron chi connectivity index (χ4n) is 2.10. The number of aliphatic imine (C=N–C) groups is 1. The van der Waals surface area contributed by atoms with Crippen molar-refractivity contribution in [2.75, 3.05) is 19.6 Å². The molecule has 1 heterocycles. The van der Waals surface area contributed by atoms with Crippen LogP contribution in [0.4, 0.5) is 5.69 Å². The van der Waals surface area contributed by atoms with Gasteiger partial charge in [-0.25, -0.2) is 9.59 Å². The van der Waals surface area contributed by atoms with Crippen molar-refractivity contribution >= 4 is 17.9 Å². The summed E-state index contributed by atoms with van der Waals surface area (Å²) in [4.78, 5) is 43.2. The number of aromatic nitrogens is 2. The van der Waals surface area contributed by atoms with Crippen molar-refractivity contribution in [2.24, 2.45) is 4.99 Å². The molecule has 0 bridgehead atoms. The Morgan fingerprint density at radius 2 is 1.63 bits per heavy atom. The molecule has 0 aliphatic carbocycles. The second kappa shape index (κ2) is 10.7. The SMILES string of the molecule is CCN(CC)CC.O=C(O)c1ccc(N=Cc2c(O)[nH]c(=O)[nH]c2=O)cc1. The van der Waals surface area contributed by atoms with Gasteiger partial charge in [-0.2, -0.15) is 0 Å². The van der Waals surface area contributed by atoms with Gasteiger partial charge in [-0.15, -0.1) is 0 Å². The first kappa shape index (κ1) is 21.8. The monoisotopic (exact) mass is 376 g/mol. The lowest BCUT2D eigenvalue weighted by molar-refractivity contribution is 0.0697. The van der Waals surface area contributed by atoms with Crippen LogP contribution in [0.2, 0.25) is 0 Å². The summed E-state index contributed by atoms with van der Waals surface area (Å²) in [6.45, 7) is 10.1. The summed E-state index contributed by atoms with van der Waals surface area (Å²) in [5, 5.41) is 18.2. The Hall–Kier alpha value is -3.20. The Labute approximate surface area is 156 Å². The number of hydrogen-bond donors (Lipinski definition) is 4. The van der Waals surface area contributed by atoms with Crippen LogP contribution in [0.5, 0.6) is 5.88 Å². The van der Waals surface area contributed by atoms with E-state index in [2.05, 4.69) is 30.7 Å². The summed E-state index contributed by atoms with van der Waals surface area (Å²) in [5.74, 6) is -1.65. The highest BCUT2D eigenvalue weighted by Crippen LogP contribution is 2.13. The second-order valence-corrected chi connectivity index (χ2v) is 5.40. The lowest BCUT2D eigenvalue weighted by atomic mass is 10.2. The minimum atomic E-state index is -1.06. The molecule has 2 aromatic rings. The molecule has 0 atom stereocenters. The summed E-state index contributed by atoms with van der Waals surface area (Å²) in [6, 6.07) is 5.59. The van der Waals surface area contributed by atoms with E-state index in [1.807, 2.05) is 9.97 Å². The number of nitrogens with one attached hydrogen (secondary N) is 2. The maximum atomic E-state index is 11.4. The zero-order valence-electron chi connectivity index (χ0n) is 15.5. The van der Waals surface area contributed by atoms with Crippen LogP contribution in [0.1, 0.15) is 36.7 Å². The van der Waals surface area contributed by atoms with E-state index in [-0.39, 0.29) is 11.1 Å². The maximum absolute atomic E-state index is 11.4. The second-order valence-electron chi connectivity index (χ2n) is 5.40. The molecule has 1 aromatic heterocycles. The van der Waals surface area contributed by atoms with Crippen LogP contribution in [-0.4, -0.2) is 56.9 Å². The van der Waals surface area contributed by atoms with Gasteiger partial charge in [0, 0.05) is 6.21 Å². The van der Waals surface area contributed by atoms with Gasteiger partial charge in [0.25, 0.3) is 5.56 Å². The molecule has 0 spiro atoms. The van der Waals surface area contributed by atoms with E-state index in [9.17, 15) is 19.5 Å². The Kier molecular flexibility index (Phi) is 8.67. The Morgan fingerprint density at radius 3 is 2.04 bits per heavy atom. The minimum Gasteiger partial charge on any atom is -0.494 e. The van der Waals surface area contributed by atoms with Gasteiger partial charge in [0.1, 0.15) is 5.56 Å². The van der Waals surface area contributed by atoms with Crippen LogP contribution in [0.25, 0.3) is 0 Å². The average molecular weight is 376 g/mol. The number of nitrogens with zero attached hydrogens (tertiary/aromatic N) is 2. The summed E-state index contributed by atoms with van der Waals surface area (Å²) >= 11 is 0. The first-order chi connectivity index (χ1) is 12.8. The van der Waals surface area contributed by atoms with Crippen LogP contribution in [0.15, 0.2) is 38.8 Å². The number of carboxylic acids is 1. The number of H-pyrrole nitrogens is 2. The minimum absolute atomic E-state index is 0.105. The topological polar surface area (TPSA) is 139 Å². The molecule has 4 N–H and O–H groups in total. The Bertz CT molecular complexity index is 874. The molecule has 0 saturated carbocycles. The third-order valence-electron chi connectivity index (χ3n) is 3.76. The van der Waals surface area contributed by atoms with Gasteiger partial charge in [-0.3, -0.25) is 19.8 Å². The number of carbonyl (C=O) groups is 1. The summed E-state index contributed by atoms with van der Waals surface area (Å²) in [5.41, 5.74) is -1.31. The van der Waals surface area contributed by atoms with Crippen LogP contribution >= 0.6 is 0 Å². The summed E-state index contributed by atoms with van der Waals surface area (Å²) < 4.78 is 0. The first-order valence-electron chi connectivity index (χ1n) is 8.47. The van der Waals surface area contributed by atoms with Crippen molar-refractivity contribution in [1.29, 1.82) is 0 Å². The molecule has 0 aliphatic rings. The molecule has 9 nitrogen and oxygen atoms in total. The van der Waals surface area contributed by atoms with Gasteiger partial charge >= 0.3 is 11.7 Å². The molecule has 0 saturated heterocycles. The standard InChI is InChI=1S/C12H9N3O5.C6H15N/c16-9-8(10(17)15-12(20)14-9)5-13-7-3-1-6(2-4-7)11(18)19;1-4-7(5-2)6-3/h1-5H,(H,18,19)(H3,14,15,16,17,20);4-6H2,1-3H3. The zero-order chi connectivity index (χ0) is 20.4. The van der Waals surface area contributed by atoms with Crippen LogP contribution < -0.4 is 11.2 Å². The predicted octanol–water partition coefficient (Wildman–Crippen LogP) is 1.57. The van der Waals surface area contributed by atoms with Crippen LogP contribution in [0.3, 0.4) is 0 Å². The number of aromatic hydroxyl groups is 1. The van der Waals surface area contributed by atoms with Crippen molar-refractivity contribution in [3.8, 4) is 5.88 Å². The molecular formula is C18H24N4O5. The van der Waals surface area contributed by atoms with E-state index in [0.29, 0.717) is 5.69 Å². The third-order valence-corrected chi connectivity index (χ3v) is 3.76. The lowest BCUT2D eigenvalue weighted by Gasteiger charge is -2.13. The number of rotatable bonds is 6. The fraction of sp³-hybridized carbons (Fsp3) is 0.333. The summed E-state index contributed by atoms with van der Waals surface area (Å²) in [7, 11) is 0. The van der Waals surface area contributed by atoms with Gasteiger partial charge in [0.05, 0.1) is 11.3 Å². The van der Waals surface area contributed by atoms with Gasteiger partial charge in [-0.05, 0) is 43.9 Å². The Balaban J connectivity index is 0.000000445. The smallest absolute Gasteiger partial charge is 0.335 e. The van der Waals surface area contributed by atoms with Crippen LogP contribution in [-0.2, 0) is 0 Å². The van der Waals surface area contributed by atoms with E-state index in [4.69, 9.17) is 5.11 Å². The summed E-state index contributed by atoms with van der Waals surface area (Å²) in [6.07, 6.45) is 1.07. The van der Waals surface area contributed by atoms with Crippen molar-refractivity contribution in [1.82, 2.24) is 14.9 Å². The first-order valence-corrected chi connectivity index (χ1v) is 8.47. The lowest BCUT2D eigenvalue weighted by Crippen LogP contribution is -2.24. The van der Waals surface area contributed by atoms with E-state index in [1.165, 1.54) is 43.9 Å². The molecule has 0 aliphatic heterocycles. The maximum Gasteiger partial charge on any atom is 0.335 e. The number of aromatic amines is 2. The molecule has 1 aromatic carbocycles. The third kappa shape index (κ3) is 6.90. The molecule has 0 unspecified atom stereocenters. The van der Waals surface area contributed by atoms with Crippen molar-refractivity contribution < 1.29 is 15.0 Å². The van der Waals surface area contributed by atoms with E-state index >= 15 is 0 Å². The molecule has 0 fully saturated rings. The molecular weight excluding hydrogens is 352 g/mol. The van der Waals surface area contributed by atoms with E-state index in [1.54, 1.807) is 0 Å². The number of aromatic carboxylic acids is 1. The van der Waals surface area contributed by atoms with Crippen LogP contribution in [0, 0.1) is 0 Å². The van der Waals surface area contributed by atoms with Crippen molar-refractivity contribution in [2.45, 2.75) is 20.8 Å². The number of benzene rings is 1. The van der Waals surface area contributed by atoms with Crippen molar-refractivity contribution in [3.63, 3.8) is 0 Å². The largest absolute Gasteiger partial charge is 0.494 e. The number of hydrogen-bond acceptors (Lipinski definition) is 6. The van der Waals surface area contributed by atoms with Gasteiger partial charge < -0.3 is 15.1 Å². The molecule has 146 valence electrons. The Morgan fingerprint density at radius 1 is 1.07 bits per heavy atom. The van der Waals surface area contributed by atoms with E-state index in [0.717, 1.165) is 6.21 Å². The van der Waals surface area contributed by atoms with Gasteiger partial charge in [-0.1, -0.05) is 20.8 Å².